The van der Waals surface area contributed by atoms with Crippen molar-refractivity contribution in [2.45, 2.75) is 20.3 Å². The molecule has 1 fully saturated rings. The van der Waals surface area contributed by atoms with Gasteiger partial charge in [0, 0.05) is 13.1 Å². The van der Waals surface area contributed by atoms with Gasteiger partial charge in [-0.05, 0) is 42.0 Å². The molecule has 6 heteroatoms. The van der Waals surface area contributed by atoms with E-state index in [2.05, 4.69) is 13.8 Å². The van der Waals surface area contributed by atoms with E-state index >= 15 is 0 Å². The standard InChI is InChI=1S/C23H22ClFN2O2/c1-14-10-15(2)13-26(12-14)21-20(16-6-4-3-5-7-16)22(28)27(23(21)29)17-8-9-19(25)18(24)11-17/h3-9,11,14-15H,10,12-13H2,1-2H3. The van der Waals surface area contributed by atoms with Gasteiger partial charge in [0.25, 0.3) is 11.8 Å². The molecule has 4 nitrogen and oxygen atoms in total. The smallest absolute Gasteiger partial charge is 0.282 e. The predicted molar refractivity (Wildman–Crippen MR) is 112 cm³/mol. The van der Waals surface area contributed by atoms with Crippen LogP contribution in [-0.2, 0) is 9.59 Å². The third kappa shape index (κ3) is 3.55. The van der Waals surface area contributed by atoms with Crippen LogP contribution in [0.15, 0.2) is 54.2 Å². The minimum Gasteiger partial charge on any atom is -0.366 e. The molecule has 29 heavy (non-hydrogen) atoms. The Balaban J connectivity index is 1.83. The monoisotopic (exact) mass is 412 g/mol. The molecule has 2 amide bonds. The summed E-state index contributed by atoms with van der Waals surface area (Å²) < 4.78 is 13.6. The first-order valence-corrected chi connectivity index (χ1v) is 10.1. The number of hydrogen-bond acceptors (Lipinski definition) is 3. The van der Waals surface area contributed by atoms with Crippen LogP contribution in [0.4, 0.5) is 10.1 Å². The normalized spacial score (nSPS) is 22.6. The molecule has 2 aliphatic heterocycles. The zero-order valence-electron chi connectivity index (χ0n) is 16.4. The van der Waals surface area contributed by atoms with Gasteiger partial charge in [0.2, 0.25) is 0 Å². The van der Waals surface area contributed by atoms with Gasteiger partial charge >= 0.3 is 0 Å². The number of piperidine rings is 1. The van der Waals surface area contributed by atoms with Gasteiger partial charge in [-0.1, -0.05) is 55.8 Å². The quantitative estimate of drug-likeness (QED) is 0.683. The lowest BCUT2D eigenvalue weighted by molar-refractivity contribution is -0.120. The number of nitrogens with zero attached hydrogens (tertiary/aromatic N) is 2. The highest BCUT2D eigenvalue weighted by Crippen LogP contribution is 2.37. The maximum absolute atomic E-state index is 13.6. The SMILES string of the molecule is CC1CC(C)CN(C2=C(c3ccccc3)C(=O)N(c3ccc(F)c(Cl)c3)C2=O)C1. The van der Waals surface area contributed by atoms with Crippen LogP contribution in [-0.4, -0.2) is 29.8 Å². The fourth-order valence-corrected chi connectivity index (χ4v) is 4.56. The molecule has 0 N–H and O–H groups in total. The topological polar surface area (TPSA) is 40.6 Å². The van der Waals surface area contributed by atoms with Gasteiger partial charge < -0.3 is 4.90 Å². The number of rotatable bonds is 3. The first-order valence-electron chi connectivity index (χ1n) is 9.75. The lowest BCUT2D eigenvalue weighted by Gasteiger charge is -2.37. The van der Waals surface area contributed by atoms with Crippen molar-refractivity contribution in [3.63, 3.8) is 0 Å². The summed E-state index contributed by atoms with van der Waals surface area (Å²) in [6.45, 7) is 5.74. The fourth-order valence-electron chi connectivity index (χ4n) is 4.38. The van der Waals surface area contributed by atoms with Crippen molar-refractivity contribution in [2.75, 3.05) is 18.0 Å². The highest BCUT2D eigenvalue weighted by Gasteiger charge is 2.43. The van der Waals surface area contributed by atoms with E-state index in [0.717, 1.165) is 11.3 Å². The van der Waals surface area contributed by atoms with E-state index in [4.69, 9.17) is 11.6 Å². The Morgan fingerprint density at radius 1 is 0.966 bits per heavy atom. The molecule has 0 saturated carbocycles. The molecule has 0 aliphatic carbocycles. The number of carbonyl (C=O) groups is 2. The Bertz CT molecular complexity index is 995. The van der Waals surface area contributed by atoms with Crippen LogP contribution < -0.4 is 4.90 Å². The van der Waals surface area contributed by atoms with Crippen molar-refractivity contribution in [1.82, 2.24) is 4.90 Å². The van der Waals surface area contributed by atoms with Gasteiger partial charge in [0.05, 0.1) is 16.3 Å². The van der Waals surface area contributed by atoms with Crippen LogP contribution in [0.5, 0.6) is 0 Å². The lowest BCUT2D eigenvalue weighted by atomic mass is 9.91. The van der Waals surface area contributed by atoms with Crippen LogP contribution in [0, 0.1) is 17.7 Å². The summed E-state index contributed by atoms with van der Waals surface area (Å²) in [6.07, 6.45) is 1.09. The number of anilines is 1. The lowest BCUT2D eigenvalue weighted by Crippen LogP contribution is -2.42. The third-order valence-electron chi connectivity index (χ3n) is 5.47. The highest BCUT2D eigenvalue weighted by atomic mass is 35.5. The molecule has 2 heterocycles. The van der Waals surface area contributed by atoms with Gasteiger partial charge in [-0.15, -0.1) is 0 Å². The van der Waals surface area contributed by atoms with Crippen molar-refractivity contribution in [2.24, 2.45) is 11.8 Å². The molecule has 150 valence electrons. The van der Waals surface area contributed by atoms with E-state index in [-0.39, 0.29) is 10.7 Å². The van der Waals surface area contributed by atoms with E-state index in [1.54, 1.807) is 0 Å². The number of carbonyl (C=O) groups excluding carboxylic acids is 2. The minimum absolute atomic E-state index is 0.127. The maximum Gasteiger partial charge on any atom is 0.282 e. The second-order valence-corrected chi connectivity index (χ2v) is 8.39. The summed E-state index contributed by atoms with van der Waals surface area (Å²) in [5.74, 6) is -0.562. The van der Waals surface area contributed by atoms with Gasteiger partial charge in [-0.2, -0.15) is 0 Å². The Morgan fingerprint density at radius 3 is 2.24 bits per heavy atom. The van der Waals surface area contributed by atoms with Gasteiger partial charge in [-0.25, -0.2) is 9.29 Å². The van der Waals surface area contributed by atoms with Gasteiger partial charge in [-0.3, -0.25) is 9.59 Å². The van der Waals surface area contributed by atoms with Gasteiger partial charge in [0.15, 0.2) is 0 Å². The zero-order chi connectivity index (χ0) is 20.7. The third-order valence-corrected chi connectivity index (χ3v) is 5.76. The molecule has 0 aromatic heterocycles. The Morgan fingerprint density at radius 2 is 1.62 bits per heavy atom. The summed E-state index contributed by atoms with van der Waals surface area (Å²) in [5.41, 5.74) is 1.77. The molecule has 2 unspecified atom stereocenters. The largest absolute Gasteiger partial charge is 0.366 e. The van der Waals surface area contributed by atoms with E-state index < -0.39 is 17.6 Å². The summed E-state index contributed by atoms with van der Waals surface area (Å²) in [4.78, 5) is 30.0. The Labute approximate surface area is 174 Å². The van der Waals surface area contributed by atoms with Gasteiger partial charge in [0.1, 0.15) is 11.5 Å². The van der Waals surface area contributed by atoms with E-state index in [9.17, 15) is 14.0 Å². The molecule has 0 bridgehead atoms. The van der Waals surface area contributed by atoms with Crippen molar-refractivity contribution < 1.29 is 14.0 Å². The van der Waals surface area contributed by atoms with Crippen LogP contribution >= 0.6 is 11.6 Å². The number of amides is 2. The number of hydrogen-bond donors (Lipinski definition) is 0. The highest BCUT2D eigenvalue weighted by molar-refractivity contribution is 6.45. The van der Waals surface area contributed by atoms with Crippen LogP contribution in [0.3, 0.4) is 0 Å². The van der Waals surface area contributed by atoms with E-state index in [1.807, 2.05) is 35.2 Å². The molecule has 0 spiro atoms. The van der Waals surface area contributed by atoms with Crippen LogP contribution in [0.1, 0.15) is 25.8 Å². The molecular formula is C23H22ClFN2O2. The van der Waals surface area contributed by atoms with E-state index in [0.29, 0.717) is 41.8 Å². The molecule has 1 saturated heterocycles. The summed E-state index contributed by atoms with van der Waals surface area (Å²) in [6, 6.07) is 13.1. The Kier molecular flexibility index (Phi) is 5.17. The molecule has 0 radical (unpaired) electrons. The predicted octanol–water partition coefficient (Wildman–Crippen LogP) is 4.74. The Hall–Kier alpha value is -2.66. The van der Waals surface area contributed by atoms with Crippen molar-refractivity contribution in [1.29, 1.82) is 0 Å². The number of benzene rings is 2. The number of imide groups is 1. The molecule has 2 aliphatic rings. The molecule has 4 rings (SSSR count). The summed E-state index contributed by atoms with van der Waals surface area (Å²) in [5, 5.41) is -0.127. The zero-order valence-corrected chi connectivity index (χ0v) is 17.1. The number of likely N-dealkylation sites (tertiary alicyclic amines) is 1. The average Bonchev–Trinajstić information content (AvgIpc) is 2.94. The molecule has 2 atom stereocenters. The first kappa shape index (κ1) is 19.6. The summed E-state index contributed by atoms with van der Waals surface area (Å²) in [7, 11) is 0. The minimum atomic E-state index is -0.593. The van der Waals surface area contributed by atoms with Crippen LogP contribution in [0.2, 0.25) is 5.02 Å². The molecular weight excluding hydrogens is 391 g/mol. The van der Waals surface area contributed by atoms with Crippen molar-refractivity contribution in [3.8, 4) is 0 Å². The maximum atomic E-state index is 13.6. The fraction of sp³-hybridized carbons (Fsp3) is 0.304. The first-order chi connectivity index (χ1) is 13.9. The molecule has 2 aromatic carbocycles. The molecule has 2 aromatic rings. The van der Waals surface area contributed by atoms with Crippen molar-refractivity contribution >= 4 is 34.7 Å². The van der Waals surface area contributed by atoms with E-state index in [1.165, 1.54) is 18.2 Å². The number of halogens is 2. The average molecular weight is 413 g/mol. The van der Waals surface area contributed by atoms with Crippen molar-refractivity contribution in [3.05, 3.63) is 70.6 Å². The second kappa shape index (κ2) is 7.64. The summed E-state index contributed by atoms with van der Waals surface area (Å²) >= 11 is 5.92. The second-order valence-electron chi connectivity index (χ2n) is 7.98. The van der Waals surface area contributed by atoms with Crippen LogP contribution in [0.25, 0.3) is 5.57 Å².